The van der Waals surface area contributed by atoms with Gasteiger partial charge in [0, 0.05) is 11.8 Å². The highest BCUT2D eigenvalue weighted by Gasteiger charge is 2.16. The quantitative estimate of drug-likeness (QED) is 0.675. The van der Waals surface area contributed by atoms with E-state index in [1.807, 2.05) is 17.5 Å². The van der Waals surface area contributed by atoms with Gasteiger partial charge in [-0.2, -0.15) is 0 Å². The van der Waals surface area contributed by atoms with Crippen LogP contribution >= 0.6 is 27.3 Å². The second kappa shape index (κ2) is 4.09. The Morgan fingerprint density at radius 2 is 2.29 bits per heavy atom. The van der Waals surface area contributed by atoms with Gasteiger partial charge in [0.05, 0.1) is 21.0 Å². The SMILES string of the molecule is O=C(c1cnc2ccsc2c1)c1occc1Br. The third-order valence-corrected chi connectivity index (χ3v) is 3.87. The molecule has 0 radical (unpaired) electrons. The molecule has 0 spiro atoms. The van der Waals surface area contributed by atoms with Crippen molar-refractivity contribution < 1.29 is 9.21 Å². The van der Waals surface area contributed by atoms with Crippen LogP contribution in [0, 0.1) is 0 Å². The zero-order valence-electron chi connectivity index (χ0n) is 8.51. The lowest BCUT2D eigenvalue weighted by atomic mass is 10.1. The molecule has 0 saturated carbocycles. The molecule has 84 valence electrons. The number of aromatic nitrogens is 1. The van der Waals surface area contributed by atoms with Gasteiger partial charge in [-0.15, -0.1) is 11.3 Å². The number of thiophene rings is 1. The number of nitrogens with zero attached hydrogens (tertiary/aromatic N) is 1. The van der Waals surface area contributed by atoms with Crippen LogP contribution in [0.15, 0.2) is 44.9 Å². The first-order chi connectivity index (χ1) is 8.25. The number of rotatable bonds is 2. The molecular weight excluding hydrogens is 302 g/mol. The van der Waals surface area contributed by atoms with Crippen molar-refractivity contribution in [3.8, 4) is 0 Å². The molecule has 0 N–H and O–H groups in total. The number of fused-ring (bicyclic) bond motifs is 1. The summed E-state index contributed by atoms with van der Waals surface area (Å²) in [5, 5.41) is 1.95. The fraction of sp³-hybridized carbons (Fsp3) is 0. The molecule has 0 bridgehead atoms. The molecule has 0 unspecified atom stereocenters. The van der Waals surface area contributed by atoms with E-state index < -0.39 is 0 Å². The molecule has 3 aromatic rings. The lowest BCUT2D eigenvalue weighted by molar-refractivity contribution is 0.101. The normalized spacial score (nSPS) is 10.9. The Labute approximate surface area is 109 Å². The van der Waals surface area contributed by atoms with Crippen LogP contribution in [-0.4, -0.2) is 10.8 Å². The van der Waals surface area contributed by atoms with Crippen LogP contribution in [0.3, 0.4) is 0 Å². The second-order valence-corrected chi connectivity index (χ2v) is 5.26. The first kappa shape index (κ1) is 10.7. The van der Waals surface area contributed by atoms with Crippen LogP contribution < -0.4 is 0 Å². The molecular formula is C12H6BrNO2S. The predicted molar refractivity (Wildman–Crippen MR) is 69.5 cm³/mol. The summed E-state index contributed by atoms with van der Waals surface area (Å²) in [6.07, 6.45) is 3.06. The average molecular weight is 308 g/mol. The van der Waals surface area contributed by atoms with Gasteiger partial charge in [0.25, 0.3) is 0 Å². The number of ketones is 1. The standard InChI is InChI=1S/C12H6BrNO2S/c13-8-1-3-16-12(8)11(15)7-5-10-9(14-6-7)2-4-17-10/h1-6H. The fourth-order valence-electron chi connectivity index (χ4n) is 1.56. The number of hydrogen-bond acceptors (Lipinski definition) is 4. The molecule has 17 heavy (non-hydrogen) atoms. The second-order valence-electron chi connectivity index (χ2n) is 3.45. The van der Waals surface area contributed by atoms with Gasteiger partial charge in [-0.3, -0.25) is 9.78 Å². The summed E-state index contributed by atoms with van der Waals surface area (Å²) < 4.78 is 6.81. The maximum atomic E-state index is 12.1. The maximum absolute atomic E-state index is 12.1. The zero-order chi connectivity index (χ0) is 11.8. The van der Waals surface area contributed by atoms with E-state index in [-0.39, 0.29) is 5.78 Å². The van der Waals surface area contributed by atoms with Crippen LogP contribution in [0.4, 0.5) is 0 Å². The van der Waals surface area contributed by atoms with Gasteiger partial charge < -0.3 is 4.42 Å². The largest absolute Gasteiger partial charge is 0.460 e. The molecule has 3 nitrogen and oxygen atoms in total. The minimum atomic E-state index is -0.162. The Bertz CT molecular complexity index is 701. The topological polar surface area (TPSA) is 43.1 Å². The minimum Gasteiger partial charge on any atom is -0.460 e. The average Bonchev–Trinajstić information content (AvgIpc) is 2.95. The van der Waals surface area contributed by atoms with Crippen molar-refractivity contribution in [2.24, 2.45) is 0 Å². The summed E-state index contributed by atoms with van der Waals surface area (Å²) in [6, 6.07) is 5.46. The first-order valence-electron chi connectivity index (χ1n) is 4.86. The number of carbonyl (C=O) groups is 1. The van der Waals surface area contributed by atoms with E-state index in [1.165, 1.54) is 6.26 Å². The summed E-state index contributed by atoms with van der Waals surface area (Å²) in [7, 11) is 0. The van der Waals surface area contributed by atoms with E-state index >= 15 is 0 Å². The van der Waals surface area contributed by atoms with Crippen LogP contribution in [0.25, 0.3) is 10.2 Å². The van der Waals surface area contributed by atoms with Crippen LogP contribution in [-0.2, 0) is 0 Å². The molecule has 0 amide bonds. The molecule has 0 saturated heterocycles. The number of hydrogen-bond donors (Lipinski definition) is 0. The third-order valence-electron chi connectivity index (χ3n) is 2.39. The van der Waals surface area contributed by atoms with Crippen molar-refractivity contribution in [3.63, 3.8) is 0 Å². The monoisotopic (exact) mass is 307 g/mol. The molecule has 0 fully saturated rings. The summed E-state index contributed by atoms with van der Waals surface area (Å²) in [5.74, 6) is 0.146. The third kappa shape index (κ3) is 1.81. The lowest BCUT2D eigenvalue weighted by Gasteiger charge is -1.98. The Balaban J connectivity index is 2.09. The summed E-state index contributed by atoms with van der Waals surface area (Å²) in [6.45, 7) is 0. The van der Waals surface area contributed by atoms with Crippen molar-refractivity contribution in [2.45, 2.75) is 0 Å². The molecule has 0 aliphatic heterocycles. The van der Waals surface area contributed by atoms with Crippen LogP contribution in [0.1, 0.15) is 16.1 Å². The number of carbonyl (C=O) groups excluding carboxylic acids is 1. The van der Waals surface area contributed by atoms with Gasteiger partial charge >= 0.3 is 0 Å². The van der Waals surface area contributed by atoms with Crippen molar-refractivity contribution in [2.75, 3.05) is 0 Å². The number of pyridine rings is 1. The highest BCUT2D eigenvalue weighted by Crippen LogP contribution is 2.24. The molecule has 3 aromatic heterocycles. The van der Waals surface area contributed by atoms with E-state index in [0.717, 1.165) is 10.2 Å². The lowest BCUT2D eigenvalue weighted by Crippen LogP contribution is -2.00. The van der Waals surface area contributed by atoms with E-state index in [0.29, 0.717) is 15.8 Å². The van der Waals surface area contributed by atoms with Gasteiger partial charge in [-0.25, -0.2) is 0 Å². The number of furan rings is 1. The van der Waals surface area contributed by atoms with Crippen molar-refractivity contribution >= 4 is 43.3 Å². The van der Waals surface area contributed by atoms with Crippen molar-refractivity contribution in [1.29, 1.82) is 0 Å². The first-order valence-corrected chi connectivity index (χ1v) is 6.54. The summed E-state index contributed by atoms with van der Waals surface area (Å²) in [5.41, 5.74) is 1.45. The van der Waals surface area contributed by atoms with Crippen molar-refractivity contribution in [3.05, 3.63) is 51.8 Å². The van der Waals surface area contributed by atoms with Crippen LogP contribution in [0.5, 0.6) is 0 Å². The van der Waals surface area contributed by atoms with Gasteiger partial charge in [0.15, 0.2) is 5.76 Å². The molecule has 3 heterocycles. The molecule has 5 heteroatoms. The molecule has 0 atom stereocenters. The molecule has 3 rings (SSSR count). The minimum absolute atomic E-state index is 0.162. The Hall–Kier alpha value is -1.46. The summed E-state index contributed by atoms with van der Waals surface area (Å²) in [4.78, 5) is 16.4. The number of halogens is 1. The Kier molecular flexibility index (Phi) is 2.57. The van der Waals surface area contributed by atoms with Gasteiger partial charge in [0.2, 0.25) is 5.78 Å². The van der Waals surface area contributed by atoms with E-state index in [1.54, 1.807) is 23.6 Å². The Morgan fingerprint density at radius 3 is 3.06 bits per heavy atom. The smallest absolute Gasteiger partial charge is 0.230 e. The zero-order valence-corrected chi connectivity index (χ0v) is 10.9. The van der Waals surface area contributed by atoms with Gasteiger partial charge in [-0.1, -0.05) is 0 Å². The summed E-state index contributed by atoms with van der Waals surface area (Å²) >= 11 is 4.84. The van der Waals surface area contributed by atoms with E-state index in [4.69, 9.17) is 4.42 Å². The Morgan fingerprint density at radius 1 is 1.41 bits per heavy atom. The molecule has 0 aliphatic carbocycles. The van der Waals surface area contributed by atoms with E-state index in [2.05, 4.69) is 20.9 Å². The van der Waals surface area contributed by atoms with Gasteiger partial charge in [-0.05, 0) is 39.5 Å². The van der Waals surface area contributed by atoms with E-state index in [9.17, 15) is 4.79 Å². The maximum Gasteiger partial charge on any atom is 0.230 e. The molecule has 0 aliphatic rings. The highest BCUT2D eigenvalue weighted by molar-refractivity contribution is 9.10. The fourth-order valence-corrected chi connectivity index (χ4v) is 2.72. The van der Waals surface area contributed by atoms with Crippen molar-refractivity contribution in [1.82, 2.24) is 4.98 Å². The highest BCUT2D eigenvalue weighted by atomic mass is 79.9. The van der Waals surface area contributed by atoms with Crippen LogP contribution in [0.2, 0.25) is 0 Å². The van der Waals surface area contributed by atoms with Gasteiger partial charge in [0.1, 0.15) is 0 Å². The predicted octanol–water partition coefficient (Wildman–Crippen LogP) is 3.88. The molecule has 0 aromatic carbocycles.